The van der Waals surface area contributed by atoms with Gasteiger partial charge in [-0.3, -0.25) is 18.7 Å². The van der Waals surface area contributed by atoms with Gasteiger partial charge in [0, 0.05) is 13.1 Å². The molecular formula is C8H18N4O8S2. The SMILES string of the molecule is NCCNC(=O)C(CS(=O)(=O)O)NC(=O)C(N)CS(=O)(=O)O. The topological polar surface area (TPSA) is 219 Å². The van der Waals surface area contributed by atoms with E-state index < -0.39 is 55.6 Å². The highest BCUT2D eigenvalue weighted by atomic mass is 32.2. The fourth-order valence-electron chi connectivity index (χ4n) is 1.29. The van der Waals surface area contributed by atoms with E-state index in [9.17, 15) is 26.4 Å². The third-order valence-corrected chi connectivity index (χ3v) is 3.72. The molecule has 22 heavy (non-hydrogen) atoms. The summed E-state index contributed by atoms with van der Waals surface area (Å²) in [4.78, 5) is 23.3. The van der Waals surface area contributed by atoms with Crippen LogP contribution < -0.4 is 22.1 Å². The Morgan fingerprint density at radius 2 is 1.50 bits per heavy atom. The summed E-state index contributed by atoms with van der Waals surface area (Å²) in [5.74, 6) is -4.43. The van der Waals surface area contributed by atoms with E-state index in [0.717, 1.165) is 0 Å². The molecule has 2 unspecified atom stereocenters. The number of carbonyl (C=O) groups excluding carboxylic acids is 2. The summed E-state index contributed by atoms with van der Waals surface area (Å²) in [6.45, 7) is 0.0221. The highest BCUT2D eigenvalue weighted by Gasteiger charge is 2.29. The van der Waals surface area contributed by atoms with Crippen LogP contribution in [0.5, 0.6) is 0 Å². The van der Waals surface area contributed by atoms with Gasteiger partial charge in [0.05, 0.1) is 5.75 Å². The van der Waals surface area contributed by atoms with Crippen molar-refractivity contribution in [1.29, 1.82) is 0 Å². The van der Waals surface area contributed by atoms with Crippen molar-refractivity contribution >= 4 is 32.1 Å². The molecule has 2 atom stereocenters. The number of carbonyl (C=O) groups is 2. The number of rotatable bonds is 9. The van der Waals surface area contributed by atoms with Crippen molar-refractivity contribution in [2.75, 3.05) is 24.6 Å². The monoisotopic (exact) mass is 362 g/mol. The van der Waals surface area contributed by atoms with Gasteiger partial charge in [-0.05, 0) is 0 Å². The lowest BCUT2D eigenvalue weighted by Gasteiger charge is -2.19. The highest BCUT2D eigenvalue weighted by molar-refractivity contribution is 7.86. The molecule has 0 bridgehead atoms. The molecule has 0 aromatic rings. The van der Waals surface area contributed by atoms with Gasteiger partial charge >= 0.3 is 0 Å². The van der Waals surface area contributed by atoms with E-state index in [2.05, 4.69) is 5.32 Å². The first-order chi connectivity index (χ1) is 9.85. The third-order valence-electron chi connectivity index (χ3n) is 2.18. The lowest BCUT2D eigenvalue weighted by Crippen LogP contribution is -2.55. The first-order valence-corrected chi connectivity index (χ1v) is 9.01. The van der Waals surface area contributed by atoms with Gasteiger partial charge in [-0.15, -0.1) is 0 Å². The Labute approximate surface area is 127 Å². The van der Waals surface area contributed by atoms with Crippen molar-refractivity contribution in [3.8, 4) is 0 Å². The number of nitrogens with one attached hydrogen (secondary N) is 2. The predicted molar refractivity (Wildman–Crippen MR) is 74.8 cm³/mol. The second kappa shape index (κ2) is 8.35. The largest absolute Gasteiger partial charge is 0.353 e. The quantitative estimate of drug-likeness (QED) is 0.216. The maximum absolute atomic E-state index is 11.7. The van der Waals surface area contributed by atoms with Crippen LogP contribution in [-0.4, -0.2) is 74.4 Å². The van der Waals surface area contributed by atoms with Gasteiger partial charge in [0.25, 0.3) is 20.2 Å². The number of amides is 2. The van der Waals surface area contributed by atoms with Crippen molar-refractivity contribution in [2.24, 2.45) is 11.5 Å². The van der Waals surface area contributed by atoms with Gasteiger partial charge in [-0.1, -0.05) is 0 Å². The van der Waals surface area contributed by atoms with Crippen LogP contribution >= 0.6 is 0 Å². The van der Waals surface area contributed by atoms with E-state index >= 15 is 0 Å². The van der Waals surface area contributed by atoms with Crippen LogP contribution in [0, 0.1) is 0 Å². The predicted octanol–water partition coefficient (Wildman–Crippen LogP) is -4.35. The fraction of sp³-hybridized carbons (Fsp3) is 0.750. The van der Waals surface area contributed by atoms with Crippen LogP contribution in [0.3, 0.4) is 0 Å². The lowest BCUT2D eigenvalue weighted by atomic mass is 10.2. The molecule has 8 N–H and O–H groups in total. The molecule has 0 aromatic carbocycles. The highest BCUT2D eigenvalue weighted by Crippen LogP contribution is 1.95. The van der Waals surface area contributed by atoms with Crippen LogP contribution in [0.4, 0.5) is 0 Å². The molecule has 2 amide bonds. The first-order valence-electron chi connectivity index (χ1n) is 5.80. The van der Waals surface area contributed by atoms with Gasteiger partial charge in [-0.25, -0.2) is 0 Å². The fourth-order valence-corrected chi connectivity index (χ4v) is 2.55. The van der Waals surface area contributed by atoms with Crippen molar-refractivity contribution in [1.82, 2.24) is 10.6 Å². The minimum absolute atomic E-state index is 0.0201. The molecule has 0 spiro atoms. The molecule has 130 valence electrons. The second-order valence-corrected chi connectivity index (χ2v) is 7.24. The van der Waals surface area contributed by atoms with E-state index in [1.54, 1.807) is 0 Å². The maximum atomic E-state index is 11.7. The van der Waals surface area contributed by atoms with Gasteiger partial charge in [0.1, 0.15) is 17.8 Å². The average molecular weight is 362 g/mol. The van der Waals surface area contributed by atoms with E-state index in [-0.39, 0.29) is 13.1 Å². The van der Waals surface area contributed by atoms with Gasteiger partial charge < -0.3 is 22.1 Å². The van der Waals surface area contributed by atoms with Crippen LogP contribution in [0.15, 0.2) is 0 Å². The summed E-state index contributed by atoms with van der Waals surface area (Å²) in [6.07, 6.45) is 0. The zero-order valence-corrected chi connectivity index (χ0v) is 12.9. The average Bonchev–Trinajstić information content (AvgIpc) is 2.31. The Balaban J connectivity index is 4.96. The van der Waals surface area contributed by atoms with Crippen LogP contribution in [0.1, 0.15) is 0 Å². The Morgan fingerprint density at radius 1 is 1.00 bits per heavy atom. The zero-order chi connectivity index (χ0) is 17.6. The standard InChI is InChI=1S/C8H18N4O8S2/c9-1-2-11-8(14)6(4-22(18,19)20)12-7(13)5(10)3-21(15,16)17/h5-6H,1-4,9-10H2,(H,11,14)(H,12,13)(H,15,16,17)(H,18,19,20). The van der Waals surface area contributed by atoms with Gasteiger partial charge in [0.15, 0.2) is 0 Å². The molecule has 0 aromatic heterocycles. The molecule has 12 nitrogen and oxygen atoms in total. The Hall–Kier alpha value is -1.32. The van der Waals surface area contributed by atoms with Crippen LogP contribution in [-0.2, 0) is 29.8 Å². The molecule has 0 heterocycles. The number of nitrogens with two attached hydrogens (primary N) is 2. The Bertz CT molecular complexity index is 602. The van der Waals surface area contributed by atoms with Crippen molar-refractivity contribution in [3.63, 3.8) is 0 Å². The summed E-state index contributed by atoms with van der Waals surface area (Å²) in [5.41, 5.74) is 10.3. The van der Waals surface area contributed by atoms with E-state index in [4.69, 9.17) is 20.6 Å². The van der Waals surface area contributed by atoms with E-state index in [1.807, 2.05) is 5.32 Å². The number of hydrogen-bond donors (Lipinski definition) is 6. The smallest absolute Gasteiger partial charge is 0.267 e. The summed E-state index contributed by atoms with van der Waals surface area (Å²) in [7, 11) is -9.16. The molecule has 0 aliphatic heterocycles. The van der Waals surface area contributed by atoms with Crippen molar-refractivity contribution < 1.29 is 35.5 Å². The summed E-state index contributed by atoms with van der Waals surface area (Å²) < 4.78 is 60.2. The second-order valence-electron chi connectivity index (χ2n) is 4.24. The summed E-state index contributed by atoms with van der Waals surface area (Å²) >= 11 is 0. The molecule has 0 aliphatic carbocycles. The molecular weight excluding hydrogens is 344 g/mol. The minimum Gasteiger partial charge on any atom is -0.353 e. The van der Waals surface area contributed by atoms with Crippen LogP contribution in [0.2, 0.25) is 0 Å². The summed E-state index contributed by atoms with van der Waals surface area (Å²) in [5, 5.41) is 4.06. The Kier molecular flexibility index (Phi) is 7.85. The van der Waals surface area contributed by atoms with Gasteiger partial charge in [-0.2, -0.15) is 16.8 Å². The van der Waals surface area contributed by atoms with Crippen LogP contribution in [0.25, 0.3) is 0 Å². The molecule has 0 rings (SSSR count). The molecule has 0 aliphatic rings. The maximum Gasteiger partial charge on any atom is 0.267 e. The normalized spacial score (nSPS) is 14.9. The van der Waals surface area contributed by atoms with E-state index in [0.29, 0.717) is 0 Å². The molecule has 14 heteroatoms. The van der Waals surface area contributed by atoms with Crippen molar-refractivity contribution in [2.45, 2.75) is 12.1 Å². The zero-order valence-electron chi connectivity index (χ0n) is 11.3. The minimum atomic E-state index is -4.62. The van der Waals surface area contributed by atoms with Gasteiger partial charge in [0.2, 0.25) is 11.8 Å². The molecule has 0 saturated carbocycles. The van der Waals surface area contributed by atoms with Crippen molar-refractivity contribution in [3.05, 3.63) is 0 Å². The summed E-state index contributed by atoms with van der Waals surface area (Å²) in [6, 6.07) is -3.44. The molecule has 0 radical (unpaired) electrons. The molecule has 0 fully saturated rings. The van der Waals surface area contributed by atoms with E-state index in [1.165, 1.54) is 0 Å². The lowest BCUT2D eigenvalue weighted by molar-refractivity contribution is -0.128. The Morgan fingerprint density at radius 3 is 1.91 bits per heavy atom. The third kappa shape index (κ3) is 9.59. The number of hydrogen-bond acceptors (Lipinski definition) is 8. The molecule has 0 saturated heterocycles. The first kappa shape index (κ1) is 20.7.